The summed E-state index contributed by atoms with van der Waals surface area (Å²) in [4.78, 5) is 11.5. The fourth-order valence-corrected chi connectivity index (χ4v) is 2.42. The molecule has 140 valence electrons. The summed E-state index contributed by atoms with van der Waals surface area (Å²) >= 11 is 0. The Labute approximate surface area is 150 Å². The Kier molecular flexibility index (Phi) is 10.8. The summed E-state index contributed by atoms with van der Waals surface area (Å²) in [6, 6.07) is 9.73. The summed E-state index contributed by atoms with van der Waals surface area (Å²) in [6.07, 6.45) is 3.59. The van der Waals surface area contributed by atoms with Gasteiger partial charge in [-0.25, -0.2) is 4.79 Å². The summed E-state index contributed by atoms with van der Waals surface area (Å²) in [5, 5.41) is 9.45. The fourth-order valence-electron chi connectivity index (χ4n) is 2.42. The fraction of sp³-hybridized carbons (Fsp3) is 0.550. The average molecular weight is 350 g/mol. The predicted molar refractivity (Wildman–Crippen MR) is 97.3 cm³/mol. The van der Waals surface area contributed by atoms with E-state index in [-0.39, 0.29) is 6.10 Å². The predicted octanol–water partition coefficient (Wildman–Crippen LogP) is 4.17. The number of carbonyl (C=O) groups is 1. The maximum absolute atomic E-state index is 11.5. The number of hydrogen-bond donors (Lipinski definition) is 1. The molecule has 1 rings (SSSR count). The van der Waals surface area contributed by atoms with E-state index in [4.69, 9.17) is 14.2 Å². The third kappa shape index (κ3) is 8.29. The Balaban J connectivity index is 2.78. The highest BCUT2D eigenvalue weighted by molar-refractivity contribution is 5.72. The zero-order chi connectivity index (χ0) is 18.5. The smallest absolute Gasteiger partial charge is 0.332 e. The van der Waals surface area contributed by atoms with Gasteiger partial charge in [0, 0.05) is 6.61 Å². The largest absolute Gasteiger partial charge is 0.479 e. The van der Waals surface area contributed by atoms with Crippen LogP contribution >= 0.6 is 0 Å². The normalized spacial score (nSPS) is 15.2. The van der Waals surface area contributed by atoms with Gasteiger partial charge in [0.1, 0.15) is 6.10 Å². The van der Waals surface area contributed by atoms with Gasteiger partial charge in [-0.3, -0.25) is 0 Å². The van der Waals surface area contributed by atoms with E-state index in [2.05, 4.69) is 0 Å². The van der Waals surface area contributed by atoms with Gasteiger partial charge < -0.3 is 19.3 Å². The number of rotatable bonds is 13. The first-order chi connectivity index (χ1) is 12.1. The van der Waals surface area contributed by atoms with Crippen molar-refractivity contribution in [2.75, 3.05) is 6.61 Å². The van der Waals surface area contributed by atoms with Gasteiger partial charge in [0.25, 0.3) is 0 Å². The molecule has 5 heteroatoms. The molecule has 0 bridgehead atoms. The number of ether oxygens (including phenoxy) is 3. The van der Waals surface area contributed by atoms with Crippen molar-refractivity contribution in [3.05, 3.63) is 48.0 Å². The molecule has 0 aliphatic carbocycles. The lowest BCUT2D eigenvalue weighted by atomic mass is 10.2. The van der Waals surface area contributed by atoms with Gasteiger partial charge in [-0.1, -0.05) is 49.4 Å². The number of hydrogen-bond acceptors (Lipinski definition) is 4. The maximum Gasteiger partial charge on any atom is 0.332 e. The minimum atomic E-state index is -0.982. The molecule has 0 saturated heterocycles. The number of carboxylic acid groups (broad SMARTS) is 1. The summed E-state index contributed by atoms with van der Waals surface area (Å²) in [7, 11) is 0. The Bertz CT molecular complexity index is 500. The SMILES string of the molecule is C/C=C/CC[C@@H](OC(OCc1ccccc1)C(CC)OCC)C(=O)O. The molecule has 1 aromatic carbocycles. The van der Waals surface area contributed by atoms with Crippen LogP contribution in [0.5, 0.6) is 0 Å². The van der Waals surface area contributed by atoms with Gasteiger partial charge >= 0.3 is 5.97 Å². The van der Waals surface area contributed by atoms with E-state index in [1.165, 1.54) is 0 Å². The molecule has 1 aromatic rings. The van der Waals surface area contributed by atoms with Gasteiger partial charge in [-0.05, 0) is 38.7 Å². The molecule has 0 heterocycles. The number of aliphatic carboxylic acids is 1. The Morgan fingerprint density at radius 1 is 1.20 bits per heavy atom. The van der Waals surface area contributed by atoms with Crippen LogP contribution < -0.4 is 0 Å². The van der Waals surface area contributed by atoms with Crippen LogP contribution in [0.1, 0.15) is 45.6 Å². The second-order valence-electron chi connectivity index (χ2n) is 5.68. The second kappa shape index (κ2) is 12.6. The molecule has 0 amide bonds. The summed E-state index contributed by atoms with van der Waals surface area (Å²) in [5.74, 6) is -0.982. The van der Waals surface area contributed by atoms with Crippen LogP contribution in [0.4, 0.5) is 0 Å². The zero-order valence-corrected chi connectivity index (χ0v) is 15.4. The van der Waals surface area contributed by atoms with Crippen LogP contribution in [0, 0.1) is 0 Å². The lowest BCUT2D eigenvalue weighted by molar-refractivity contribution is -0.235. The Morgan fingerprint density at radius 2 is 1.92 bits per heavy atom. The third-order valence-corrected chi connectivity index (χ3v) is 3.75. The van der Waals surface area contributed by atoms with Crippen LogP contribution in [-0.2, 0) is 25.6 Å². The topological polar surface area (TPSA) is 65.0 Å². The van der Waals surface area contributed by atoms with Crippen molar-refractivity contribution < 1.29 is 24.1 Å². The molecule has 5 nitrogen and oxygen atoms in total. The van der Waals surface area contributed by atoms with Gasteiger partial charge in [0.2, 0.25) is 0 Å². The lowest BCUT2D eigenvalue weighted by Gasteiger charge is -2.29. The van der Waals surface area contributed by atoms with Crippen molar-refractivity contribution in [3.63, 3.8) is 0 Å². The van der Waals surface area contributed by atoms with E-state index in [1.807, 2.05) is 63.3 Å². The van der Waals surface area contributed by atoms with Crippen molar-refractivity contribution in [2.24, 2.45) is 0 Å². The highest BCUT2D eigenvalue weighted by Crippen LogP contribution is 2.17. The molecule has 0 radical (unpaired) electrons. The van der Waals surface area contributed by atoms with Gasteiger partial charge in [0.15, 0.2) is 12.4 Å². The zero-order valence-electron chi connectivity index (χ0n) is 15.4. The molecular formula is C20H30O5. The highest BCUT2D eigenvalue weighted by atomic mass is 16.7. The molecule has 0 aromatic heterocycles. The minimum Gasteiger partial charge on any atom is -0.479 e. The molecule has 0 aliphatic rings. The second-order valence-corrected chi connectivity index (χ2v) is 5.68. The van der Waals surface area contributed by atoms with Crippen LogP contribution in [0.25, 0.3) is 0 Å². The van der Waals surface area contributed by atoms with E-state index in [9.17, 15) is 9.90 Å². The summed E-state index contributed by atoms with van der Waals surface area (Å²) in [6.45, 7) is 6.64. The Morgan fingerprint density at radius 3 is 2.48 bits per heavy atom. The quantitative estimate of drug-likeness (QED) is 0.427. The van der Waals surface area contributed by atoms with Gasteiger partial charge in [-0.15, -0.1) is 0 Å². The third-order valence-electron chi connectivity index (χ3n) is 3.75. The summed E-state index contributed by atoms with van der Waals surface area (Å²) in [5.41, 5.74) is 1.00. The van der Waals surface area contributed by atoms with E-state index in [1.54, 1.807) is 0 Å². The highest BCUT2D eigenvalue weighted by Gasteiger charge is 2.29. The van der Waals surface area contributed by atoms with E-state index in [0.29, 0.717) is 32.5 Å². The maximum atomic E-state index is 11.5. The van der Waals surface area contributed by atoms with Crippen molar-refractivity contribution in [3.8, 4) is 0 Å². The first-order valence-electron chi connectivity index (χ1n) is 8.88. The Hall–Kier alpha value is -1.69. The molecular weight excluding hydrogens is 320 g/mol. The van der Waals surface area contributed by atoms with Crippen molar-refractivity contribution in [1.29, 1.82) is 0 Å². The van der Waals surface area contributed by atoms with Gasteiger partial charge in [0.05, 0.1) is 6.61 Å². The van der Waals surface area contributed by atoms with E-state index < -0.39 is 18.4 Å². The van der Waals surface area contributed by atoms with E-state index >= 15 is 0 Å². The molecule has 3 atom stereocenters. The molecule has 2 unspecified atom stereocenters. The van der Waals surface area contributed by atoms with Gasteiger partial charge in [-0.2, -0.15) is 0 Å². The molecule has 0 saturated carbocycles. The van der Waals surface area contributed by atoms with Crippen molar-refractivity contribution in [2.45, 2.75) is 65.1 Å². The van der Waals surface area contributed by atoms with Crippen molar-refractivity contribution in [1.82, 2.24) is 0 Å². The standard InChI is InChI=1S/C20H30O5/c1-4-7-9-14-18(19(21)22)25-20(17(5-2)23-6-3)24-15-16-12-10-8-11-13-16/h4,7-8,10-13,17-18,20H,5-6,9,14-15H2,1-3H3,(H,21,22)/b7-4+/t17?,18-,20?/m1/s1. The van der Waals surface area contributed by atoms with Crippen LogP contribution in [0.15, 0.2) is 42.5 Å². The monoisotopic (exact) mass is 350 g/mol. The average Bonchev–Trinajstić information content (AvgIpc) is 2.62. The number of allylic oxidation sites excluding steroid dienone is 2. The number of carboxylic acids is 1. The molecule has 0 spiro atoms. The minimum absolute atomic E-state index is 0.308. The van der Waals surface area contributed by atoms with Crippen LogP contribution in [-0.4, -0.2) is 36.2 Å². The first kappa shape index (κ1) is 21.4. The van der Waals surface area contributed by atoms with Crippen molar-refractivity contribution >= 4 is 5.97 Å². The molecule has 25 heavy (non-hydrogen) atoms. The van der Waals surface area contributed by atoms with Crippen LogP contribution in [0.3, 0.4) is 0 Å². The molecule has 1 N–H and O–H groups in total. The van der Waals surface area contributed by atoms with Crippen LogP contribution in [0.2, 0.25) is 0 Å². The first-order valence-corrected chi connectivity index (χ1v) is 8.88. The number of benzene rings is 1. The lowest BCUT2D eigenvalue weighted by Crippen LogP contribution is -2.39. The van der Waals surface area contributed by atoms with E-state index in [0.717, 1.165) is 5.56 Å². The molecule has 0 aliphatic heterocycles. The molecule has 0 fully saturated rings. The summed E-state index contributed by atoms with van der Waals surface area (Å²) < 4.78 is 17.4.